The summed E-state index contributed by atoms with van der Waals surface area (Å²) in [5, 5.41) is 16.7. The standard InChI is InChI=1S/C11H26F3N3Si/c12-11(13,14)9-7-5-3-1-2-4-6-8-10-18(15,16)17/h1-10,15-17H2. The minimum atomic E-state index is -4.00. The van der Waals surface area contributed by atoms with E-state index in [0.717, 1.165) is 44.6 Å². The zero-order valence-electron chi connectivity index (χ0n) is 10.9. The summed E-state index contributed by atoms with van der Waals surface area (Å²) in [6, 6.07) is 0.735. The Morgan fingerprint density at radius 2 is 1.06 bits per heavy atom. The summed E-state index contributed by atoms with van der Waals surface area (Å²) in [5.74, 6) is 0. The van der Waals surface area contributed by atoms with Gasteiger partial charge in [-0.1, -0.05) is 44.9 Å². The van der Waals surface area contributed by atoms with Crippen LogP contribution in [0.25, 0.3) is 0 Å². The van der Waals surface area contributed by atoms with Crippen molar-refractivity contribution in [3.05, 3.63) is 0 Å². The van der Waals surface area contributed by atoms with Crippen molar-refractivity contribution in [2.75, 3.05) is 0 Å². The Kier molecular flexibility index (Phi) is 8.84. The van der Waals surface area contributed by atoms with Crippen LogP contribution in [-0.4, -0.2) is 14.7 Å². The monoisotopic (exact) mass is 285 g/mol. The van der Waals surface area contributed by atoms with Crippen LogP contribution in [0, 0.1) is 0 Å². The summed E-state index contributed by atoms with van der Waals surface area (Å²) in [6.07, 6.45) is 2.35. The number of hydrogen-bond acceptors (Lipinski definition) is 3. The Balaban J connectivity index is 3.13. The van der Waals surface area contributed by atoms with E-state index in [4.69, 9.17) is 16.2 Å². The topological polar surface area (TPSA) is 78.1 Å². The average Bonchev–Trinajstić information content (AvgIpc) is 2.17. The van der Waals surface area contributed by atoms with E-state index in [1.807, 2.05) is 0 Å². The molecule has 7 heteroatoms. The van der Waals surface area contributed by atoms with Gasteiger partial charge in [-0.05, 0) is 12.5 Å². The highest BCUT2D eigenvalue weighted by molar-refractivity contribution is 6.70. The smallest absolute Gasteiger partial charge is 0.327 e. The molecule has 0 aliphatic rings. The molecule has 0 heterocycles. The van der Waals surface area contributed by atoms with Crippen molar-refractivity contribution in [3.63, 3.8) is 0 Å². The molecule has 0 rings (SSSR count). The molecule has 6 N–H and O–H groups in total. The zero-order valence-corrected chi connectivity index (χ0v) is 11.9. The van der Waals surface area contributed by atoms with E-state index in [1.54, 1.807) is 0 Å². The Bertz CT molecular complexity index is 183. The predicted octanol–water partition coefficient (Wildman–Crippen LogP) is 2.87. The van der Waals surface area contributed by atoms with Crippen molar-refractivity contribution in [3.8, 4) is 0 Å². The Morgan fingerprint density at radius 1 is 0.667 bits per heavy atom. The van der Waals surface area contributed by atoms with Gasteiger partial charge >= 0.3 is 6.18 Å². The maximum Gasteiger partial charge on any atom is 0.389 e. The first kappa shape index (κ1) is 17.9. The third kappa shape index (κ3) is 15.9. The lowest BCUT2D eigenvalue weighted by molar-refractivity contribution is -0.135. The molecule has 3 nitrogen and oxygen atoms in total. The van der Waals surface area contributed by atoms with Crippen LogP contribution in [0.3, 0.4) is 0 Å². The molecule has 0 radical (unpaired) electrons. The molecule has 110 valence electrons. The van der Waals surface area contributed by atoms with Gasteiger partial charge in [-0.25, -0.2) is 0 Å². The Morgan fingerprint density at radius 3 is 1.44 bits per heavy atom. The SMILES string of the molecule is N[Si](N)(N)CCCCCCCCCCC(F)(F)F. The van der Waals surface area contributed by atoms with Crippen LogP contribution >= 0.6 is 0 Å². The van der Waals surface area contributed by atoms with E-state index in [1.165, 1.54) is 0 Å². The zero-order chi connectivity index (χ0) is 14.1. The first-order valence-electron chi connectivity index (χ1n) is 6.64. The molecule has 0 atom stereocenters. The van der Waals surface area contributed by atoms with Gasteiger partial charge in [0.05, 0.1) is 0 Å². The summed E-state index contributed by atoms with van der Waals surface area (Å²) in [6.45, 7) is 0. The van der Waals surface area contributed by atoms with Gasteiger partial charge in [0.1, 0.15) is 0 Å². The van der Waals surface area contributed by atoms with Crippen LogP contribution in [-0.2, 0) is 0 Å². The maximum atomic E-state index is 11.8. The fourth-order valence-electron chi connectivity index (χ4n) is 1.82. The van der Waals surface area contributed by atoms with Crippen LogP contribution in [0.4, 0.5) is 13.2 Å². The van der Waals surface area contributed by atoms with Gasteiger partial charge in [0, 0.05) is 6.42 Å². The number of alkyl halides is 3. The van der Waals surface area contributed by atoms with Crippen molar-refractivity contribution in [1.29, 1.82) is 0 Å². The molecule has 0 aliphatic heterocycles. The van der Waals surface area contributed by atoms with Gasteiger partial charge in [0.2, 0.25) is 0 Å². The summed E-state index contributed by atoms with van der Waals surface area (Å²) >= 11 is 0. The van der Waals surface area contributed by atoms with Gasteiger partial charge in [0.25, 0.3) is 8.56 Å². The molecule has 0 amide bonds. The molecular formula is C11H26F3N3Si. The second kappa shape index (κ2) is 8.90. The molecule has 0 spiro atoms. The molecule has 0 aromatic carbocycles. The fraction of sp³-hybridized carbons (Fsp3) is 1.00. The second-order valence-electron chi connectivity index (χ2n) is 5.06. The highest BCUT2D eigenvalue weighted by Gasteiger charge is 2.25. The Hall–Kier alpha value is -0.113. The summed E-state index contributed by atoms with van der Waals surface area (Å²) < 4.78 is 35.5. The summed E-state index contributed by atoms with van der Waals surface area (Å²) in [5.41, 5.74) is 0. The average molecular weight is 285 g/mol. The molecule has 0 bridgehead atoms. The highest BCUT2D eigenvalue weighted by Crippen LogP contribution is 2.23. The molecule has 0 fully saturated rings. The van der Waals surface area contributed by atoms with Crippen molar-refractivity contribution < 1.29 is 13.2 Å². The summed E-state index contributed by atoms with van der Waals surface area (Å²) in [4.78, 5) is 0. The van der Waals surface area contributed by atoms with E-state index in [2.05, 4.69) is 0 Å². The van der Waals surface area contributed by atoms with Crippen LogP contribution in [0.15, 0.2) is 0 Å². The van der Waals surface area contributed by atoms with Crippen molar-refractivity contribution in [2.24, 2.45) is 16.2 Å². The molecule has 0 saturated carbocycles. The molecule has 18 heavy (non-hydrogen) atoms. The number of hydrogen-bond donors (Lipinski definition) is 3. The van der Waals surface area contributed by atoms with Crippen LogP contribution in [0.1, 0.15) is 57.8 Å². The molecular weight excluding hydrogens is 259 g/mol. The first-order chi connectivity index (χ1) is 8.21. The molecule has 0 unspecified atom stereocenters. The van der Waals surface area contributed by atoms with E-state index >= 15 is 0 Å². The van der Waals surface area contributed by atoms with Crippen molar-refractivity contribution >= 4 is 8.56 Å². The first-order valence-corrected chi connectivity index (χ1v) is 9.08. The quantitative estimate of drug-likeness (QED) is 0.426. The lowest BCUT2D eigenvalue weighted by atomic mass is 10.1. The summed E-state index contributed by atoms with van der Waals surface area (Å²) in [7, 11) is -2.37. The molecule has 0 aliphatic carbocycles. The van der Waals surface area contributed by atoms with Gasteiger partial charge in [0.15, 0.2) is 0 Å². The third-order valence-corrected chi connectivity index (χ3v) is 4.04. The normalized spacial score (nSPS) is 13.0. The van der Waals surface area contributed by atoms with E-state index in [0.29, 0.717) is 6.42 Å². The Labute approximate surface area is 109 Å². The van der Waals surface area contributed by atoms with Gasteiger partial charge in [-0.3, -0.25) is 0 Å². The lowest BCUT2D eigenvalue weighted by Gasteiger charge is -2.13. The van der Waals surface area contributed by atoms with Gasteiger partial charge in [-0.15, -0.1) is 0 Å². The molecule has 0 saturated heterocycles. The number of nitrogens with two attached hydrogens (primary N) is 3. The largest absolute Gasteiger partial charge is 0.389 e. The van der Waals surface area contributed by atoms with Crippen molar-refractivity contribution in [1.82, 2.24) is 0 Å². The third-order valence-electron chi connectivity index (χ3n) is 2.82. The van der Waals surface area contributed by atoms with Gasteiger partial charge in [-0.2, -0.15) is 13.2 Å². The molecule has 0 aromatic heterocycles. The number of halogens is 3. The number of rotatable bonds is 10. The van der Waals surface area contributed by atoms with Crippen LogP contribution in [0.2, 0.25) is 6.04 Å². The van der Waals surface area contributed by atoms with Crippen LogP contribution < -0.4 is 16.2 Å². The highest BCUT2D eigenvalue weighted by atomic mass is 28.4. The predicted molar refractivity (Wildman–Crippen MR) is 70.7 cm³/mol. The fourth-order valence-corrected chi connectivity index (χ4v) is 2.68. The van der Waals surface area contributed by atoms with E-state index < -0.39 is 21.2 Å². The minimum Gasteiger partial charge on any atom is -0.327 e. The van der Waals surface area contributed by atoms with E-state index in [9.17, 15) is 13.2 Å². The second-order valence-corrected chi connectivity index (χ2v) is 7.78. The molecule has 0 aromatic rings. The number of unbranched alkanes of at least 4 members (excludes halogenated alkanes) is 7. The maximum absolute atomic E-state index is 11.8. The van der Waals surface area contributed by atoms with Crippen LogP contribution in [0.5, 0.6) is 0 Å². The van der Waals surface area contributed by atoms with Gasteiger partial charge < -0.3 is 16.2 Å². The lowest BCUT2D eigenvalue weighted by Crippen LogP contribution is -2.64. The minimum absolute atomic E-state index is 0.255. The van der Waals surface area contributed by atoms with E-state index in [-0.39, 0.29) is 6.42 Å². The van der Waals surface area contributed by atoms with Crippen molar-refractivity contribution in [2.45, 2.75) is 70.0 Å².